The van der Waals surface area contributed by atoms with Crippen LogP contribution in [0.15, 0.2) is 24.3 Å². The lowest BCUT2D eigenvalue weighted by atomic mass is 9.82. The fourth-order valence-corrected chi connectivity index (χ4v) is 2.90. The summed E-state index contributed by atoms with van der Waals surface area (Å²) in [6.07, 6.45) is 5.66. The fourth-order valence-electron chi connectivity index (χ4n) is 2.90. The molecule has 116 valence electrons. The summed E-state index contributed by atoms with van der Waals surface area (Å²) in [6, 6.07) is 7.96. The molecule has 0 saturated heterocycles. The highest BCUT2D eigenvalue weighted by Crippen LogP contribution is 2.26. The van der Waals surface area contributed by atoms with Gasteiger partial charge in [0.2, 0.25) is 5.91 Å². The van der Waals surface area contributed by atoms with Gasteiger partial charge >= 0.3 is 0 Å². The molecule has 1 amide bonds. The first-order valence-electron chi connectivity index (χ1n) is 7.93. The third kappa shape index (κ3) is 4.21. The predicted molar refractivity (Wildman–Crippen MR) is 84.3 cm³/mol. The molecule has 0 radical (unpaired) electrons. The Hall–Kier alpha value is -1.55. The highest BCUT2D eigenvalue weighted by molar-refractivity contribution is 5.86. The topological polar surface area (TPSA) is 64.3 Å². The van der Waals surface area contributed by atoms with Crippen LogP contribution in [-0.2, 0) is 11.2 Å². The van der Waals surface area contributed by atoms with Crippen molar-refractivity contribution in [1.29, 1.82) is 0 Å². The molecule has 0 heterocycles. The van der Waals surface area contributed by atoms with E-state index >= 15 is 0 Å². The molecule has 0 spiro atoms. The highest BCUT2D eigenvalue weighted by Gasteiger charge is 2.34. The minimum atomic E-state index is -0.655. The van der Waals surface area contributed by atoms with Crippen LogP contribution in [0.4, 0.5) is 0 Å². The van der Waals surface area contributed by atoms with Crippen molar-refractivity contribution in [3.05, 3.63) is 29.8 Å². The molecule has 2 rings (SSSR count). The average Bonchev–Trinajstić information content (AvgIpc) is 2.50. The zero-order chi connectivity index (χ0) is 15.1. The zero-order valence-electron chi connectivity index (χ0n) is 12.9. The van der Waals surface area contributed by atoms with Gasteiger partial charge in [-0.05, 0) is 37.8 Å². The molecule has 21 heavy (non-hydrogen) atoms. The van der Waals surface area contributed by atoms with Crippen molar-refractivity contribution in [1.82, 2.24) is 5.32 Å². The molecule has 1 aliphatic carbocycles. The number of para-hydroxylation sites is 1. The van der Waals surface area contributed by atoms with Gasteiger partial charge in [0.1, 0.15) is 5.75 Å². The van der Waals surface area contributed by atoms with E-state index < -0.39 is 5.54 Å². The summed E-state index contributed by atoms with van der Waals surface area (Å²) >= 11 is 0. The summed E-state index contributed by atoms with van der Waals surface area (Å²) in [5.41, 5.74) is 6.69. The molecular weight excluding hydrogens is 264 g/mol. The van der Waals surface area contributed by atoms with Gasteiger partial charge in [-0.2, -0.15) is 0 Å². The molecule has 0 aromatic heterocycles. The van der Waals surface area contributed by atoms with Crippen LogP contribution in [0.2, 0.25) is 0 Å². The second-order valence-corrected chi connectivity index (χ2v) is 5.76. The van der Waals surface area contributed by atoms with Crippen molar-refractivity contribution < 1.29 is 9.53 Å². The third-order valence-corrected chi connectivity index (χ3v) is 4.15. The minimum Gasteiger partial charge on any atom is -0.494 e. The number of ether oxygens (including phenoxy) is 1. The quantitative estimate of drug-likeness (QED) is 0.845. The number of benzene rings is 1. The summed E-state index contributed by atoms with van der Waals surface area (Å²) in [4.78, 5) is 12.3. The smallest absolute Gasteiger partial charge is 0.240 e. The number of carbonyl (C=O) groups excluding carboxylic acids is 1. The first-order valence-corrected chi connectivity index (χ1v) is 7.93. The molecule has 1 aromatic carbocycles. The molecule has 3 N–H and O–H groups in total. The van der Waals surface area contributed by atoms with Gasteiger partial charge < -0.3 is 15.8 Å². The normalized spacial score (nSPS) is 17.2. The van der Waals surface area contributed by atoms with Crippen LogP contribution < -0.4 is 15.8 Å². The molecule has 1 aromatic rings. The molecule has 0 aliphatic heterocycles. The maximum absolute atomic E-state index is 12.3. The van der Waals surface area contributed by atoms with Crippen LogP contribution in [0, 0.1) is 0 Å². The summed E-state index contributed by atoms with van der Waals surface area (Å²) in [5.74, 6) is 0.894. The average molecular weight is 290 g/mol. The summed E-state index contributed by atoms with van der Waals surface area (Å²) in [5, 5.41) is 2.99. The summed E-state index contributed by atoms with van der Waals surface area (Å²) in [6.45, 7) is 3.22. The lowest BCUT2D eigenvalue weighted by molar-refractivity contribution is -0.127. The van der Waals surface area contributed by atoms with E-state index in [2.05, 4.69) is 5.32 Å². The van der Waals surface area contributed by atoms with E-state index in [1.807, 2.05) is 31.2 Å². The van der Waals surface area contributed by atoms with Gasteiger partial charge in [-0.25, -0.2) is 0 Å². The van der Waals surface area contributed by atoms with Crippen LogP contribution in [0.3, 0.4) is 0 Å². The highest BCUT2D eigenvalue weighted by atomic mass is 16.5. The van der Waals surface area contributed by atoms with Gasteiger partial charge in [0.25, 0.3) is 0 Å². The van der Waals surface area contributed by atoms with E-state index in [1.54, 1.807) is 0 Å². The van der Waals surface area contributed by atoms with Gasteiger partial charge in [-0.1, -0.05) is 37.5 Å². The van der Waals surface area contributed by atoms with E-state index in [9.17, 15) is 4.79 Å². The van der Waals surface area contributed by atoms with E-state index in [0.29, 0.717) is 13.2 Å². The van der Waals surface area contributed by atoms with Crippen molar-refractivity contribution in [2.45, 2.75) is 51.0 Å². The van der Waals surface area contributed by atoms with Crippen molar-refractivity contribution in [2.24, 2.45) is 5.73 Å². The second-order valence-electron chi connectivity index (χ2n) is 5.76. The number of nitrogens with two attached hydrogens (primary N) is 1. The lowest BCUT2D eigenvalue weighted by Gasteiger charge is -2.31. The first-order chi connectivity index (χ1) is 10.2. The molecule has 4 nitrogen and oxygen atoms in total. The number of rotatable bonds is 6. The predicted octanol–water partition coefficient (Wildman–Crippen LogP) is 2.41. The van der Waals surface area contributed by atoms with Crippen LogP contribution in [0.5, 0.6) is 5.75 Å². The van der Waals surface area contributed by atoms with E-state index in [1.165, 1.54) is 6.42 Å². The van der Waals surface area contributed by atoms with Crippen molar-refractivity contribution in [2.75, 3.05) is 13.2 Å². The van der Waals surface area contributed by atoms with E-state index in [0.717, 1.165) is 43.4 Å². The standard InChI is InChI=1S/C17H26N2O2/c1-2-21-15-9-5-4-8-14(15)10-13-19-16(20)17(18)11-6-3-7-12-17/h4-5,8-9H,2-3,6-7,10-13,18H2,1H3,(H,19,20). The molecule has 0 bridgehead atoms. The Kier molecular flexibility index (Phi) is 5.62. The molecule has 4 heteroatoms. The lowest BCUT2D eigenvalue weighted by Crippen LogP contribution is -2.55. The van der Waals surface area contributed by atoms with Crippen LogP contribution in [0.25, 0.3) is 0 Å². The molecular formula is C17H26N2O2. The third-order valence-electron chi connectivity index (χ3n) is 4.15. The fraction of sp³-hybridized carbons (Fsp3) is 0.588. The largest absolute Gasteiger partial charge is 0.494 e. The maximum atomic E-state index is 12.3. The van der Waals surface area contributed by atoms with Gasteiger partial charge in [-0.15, -0.1) is 0 Å². The Morgan fingerprint density at radius 3 is 2.71 bits per heavy atom. The molecule has 1 fully saturated rings. The van der Waals surface area contributed by atoms with Crippen molar-refractivity contribution in [3.63, 3.8) is 0 Å². The van der Waals surface area contributed by atoms with Gasteiger partial charge in [0.05, 0.1) is 12.1 Å². The zero-order valence-corrected chi connectivity index (χ0v) is 12.9. The Labute approximate surface area is 127 Å². The van der Waals surface area contributed by atoms with E-state index in [-0.39, 0.29) is 5.91 Å². The molecule has 1 saturated carbocycles. The monoisotopic (exact) mass is 290 g/mol. The van der Waals surface area contributed by atoms with Crippen LogP contribution >= 0.6 is 0 Å². The maximum Gasteiger partial charge on any atom is 0.240 e. The number of hydrogen-bond donors (Lipinski definition) is 2. The van der Waals surface area contributed by atoms with Crippen LogP contribution in [-0.4, -0.2) is 24.6 Å². The van der Waals surface area contributed by atoms with Gasteiger partial charge in [0, 0.05) is 6.54 Å². The Bertz CT molecular complexity index is 468. The summed E-state index contributed by atoms with van der Waals surface area (Å²) in [7, 11) is 0. The molecule has 0 unspecified atom stereocenters. The Balaban J connectivity index is 1.85. The molecule has 0 atom stereocenters. The minimum absolute atomic E-state index is 0.00362. The van der Waals surface area contributed by atoms with Gasteiger partial charge in [-0.3, -0.25) is 4.79 Å². The van der Waals surface area contributed by atoms with E-state index in [4.69, 9.17) is 10.5 Å². The molecule has 1 aliphatic rings. The number of nitrogens with one attached hydrogen (secondary N) is 1. The second kappa shape index (κ2) is 7.46. The number of amides is 1. The number of hydrogen-bond acceptors (Lipinski definition) is 3. The Morgan fingerprint density at radius 2 is 2.00 bits per heavy atom. The van der Waals surface area contributed by atoms with Crippen molar-refractivity contribution in [3.8, 4) is 5.75 Å². The first kappa shape index (κ1) is 15.8. The van der Waals surface area contributed by atoms with Crippen LogP contribution in [0.1, 0.15) is 44.6 Å². The number of carbonyl (C=O) groups is 1. The van der Waals surface area contributed by atoms with Gasteiger partial charge in [0.15, 0.2) is 0 Å². The SMILES string of the molecule is CCOc1ccccc1CCNC(=O)C1(N)CCCCC1. The Morgan fingerprint density at radius 1 is 1.29 bits per heavy atom. The van der Waals surface area contributed by atoms with Crippen molar-refractivity contribution >= 4 is 5.91 Å². The summed E-state index contributed by atoms with van der Waals surface area (Å²) < 4.78 is 5.59.